The number of likely N-dealkylation sites (N-methyl/N-ethyl adjacent to an activating group) is 1. The van der Waals surface area contributed by atoms with Crippen LogP contribution in [0.25, 0.3) is 0 Å². The van der Waals surface area contributed by atoms with Crippen LogP contribution in [-0.2, 0) is 11.3 Å². The molecule has 2 fully saturated rings. The van der Waals surface area contributed by atoms with Crippen molar-refractivity contribution in [2.45, 2.75) is 45.2 Å². The molecule has 0 radical (unpaired) electrons. The molecule has 1 aromatic heterocycles. The van der Waals surface area contributed by atoms with E-state index >= 15 is 0 Å². The lowest BCUT2D eigenvalue weighted by Crippen LogP contribution is -2.45. The molecule has 0 aromatic carbocycles. The topological polar surface area (TPSA) is 51.7 Å². The minimum Gasteiger partial charge on any atom is -0.354 e. The molecule has 6 nitrogen and oxygen atoms in total. The Labute approximate surface area is 157 Å². The number of anilines is 1. The Balaban J connectivity index is 1.47. The smallest absolute Gasteiger partial charge is 0.220 e. The molecule has 3 heterocycles. The van der Waals surface area contributed by atoms with Gasteiger partial charge >= 0.3 is 0 Å². The fraction of sp³-hybridized carbons (Fsp3) is 0.700. The van der Waals surface area contributed by atoms with Crippen LogP contribution in [0.2, 0.25) is 0 Å². The molecule has 1 atom stereocenters. The first-order valence-corrected chi connectivity index (χ1v) is 10.0. The van der Waals surface area contributed by atoms with E-state index in [4.69, 9.17) is 0 Å². The Morgan fingerprint density at radius 2 is 1.92 bits per heavy atom. The minimum absolute atomic E-state index is 0.143. The molecule has 2 saturated heterocycles. The Kier molecular flexibility index (Phi) is 6.86. The van der Waals surface area contributed by atoms with Gasteiger partial charge in [-0.3, -0.25) is 4.79 Å². The summed E-state index contributed by atoms with van der Waals surface area (Å²) in [5.74, 6) is 1.16. The molecule has 1 N–H and O–H groups in total. The summed E-state index contributed by atoms with van der Waals surface area (Å²) in [6, 6.07) is 4.53. The zero-order chi connectivity index (χ0) is 18.4. The molecule has 1 amide bonds. The van der Waals surface area contributed by atoms with E-state index in [0.29, 0.717) is 19.0 Å². The van der Waals surface area contributed by atoms with Crippen LogP contribution in [0.4, 0.5) is 5.82 Å². The van der Waals surface area contributed by atoms with Crippen LogP contribution < -0.4 is 10.2 Å². The Bertz CT molecular complexity index is 579. The Hall–Kier alpha value is -1.66. The number of piperazine rings is 1. The first kappa shape index (κ1) is 19.1. The molecule has 0 aliphatic carbocycles. The molecular weight excluding hydrogens is 326 g/mol. The van der Waals surface area contributed by atoms with Crippen molar-refractivity contribution >= 4 is 11.7 Å². The van der Waals surface area contributed by atoms with Crippen molar-refractivity contribution in [1.29, 1.82) is 0 Å². The number of nitrogens with one attached hydrogen (secondary N) is 1. The summed E-state index contributed by atoms with van der Waals surface area (Å²) < 4.78 is 0. The second-order valence-electron chi connectivity index (χ2n) is 7.68. The monoisotopic (exact) mass is 359 g/mol. The highest BCUT2D eigenvalue weighted by molar-refractivity contribution is 5.76. The number of nitrogens with zero attached hydrogens (tertiary/aromatic N) is 4. The van der Waals surface area contributed by atoms with Gasteiger partial charge in [-0.2, -0.15) is 0 Å². The normalized spacial score (nSPS) is 20.3. The summed E-state index contributed by atoms with van der Waals surface area (Å²) >= 11 is 0. The maximum atomic E-state index is 12.3. The van der Waals surface area contributed by atoms with Gasteiger partial charge in [0.15, 0.2) is 0 Å². The molecule has 1 aromatic rings. The second-order valence-corrected chi connectivity index (χ2v) is 7.68. The molecule has 0 bridgehead atoms. The van der Waals surface area contributed by atoms with Crippen molar-refractivity contribution in [3.05, 3.63) is 23.9 Å². The van der Waals surface area contributed by atoms with E-state index in [2.05, 4.69) is 45.0 Å². The molecule has 26 heavy (non-hydrogen) atoms. The average molecular weight is 360 g/mol. The van der Waals surface area contributed by atoms with Gasteiger partial charge in [-0.15, -0.1) is 0 Å². The van der Waals surface area contributed by atoms with Gasteiger partial charge in [0, 0.05) is 56.9 Å². The summed E-state index contributed by atoms with van der Waals surface area (Å²) in [6.45, 7) is 9.26. The molecule has 144 valence electrons. The van der Waals surface area contributed by atoms with Gasteiger partial charge in [0.2, 0.25) is 5.91 Å². The highest BCUT2D eigenvalue weighted by atomic mass is 16.1. The Morgan fingerprint density at radius 1 is 1.19 bits per heavy atom. The van der Waals surface area contributed by atoms with Crippen LogP contribution in [0.3, 0.4) is 0 Å². The lowest BCUT2D eigenvalue weighted by molar-refractivity contribution is -0.121. The first-order valence-electron chi connectivity index (χ1n) is 10.0. The van der Waals surface area contributed by atoms with Crippen LogP contribution in [0.15, 0.2) is 18.3 Å². The number of amides is 1. The van der Waals surface area contributed by atoms with Gasteiger partial charge < -0.3 is 20.0 Å². The van der Waals surface area contributed by atoms with Crippen molar-refractivity contribution in [2.24, 2.45) is 0 Å². The van der Waals surface area contributed by atoms with E-state index in [0.717, 1.165) is 44.0 Å². The van der Waals surface area contributed by atoms with E-state index in [1.807, 2.05) is 12.3 Å². The number of hydrogen-bond donors (Lipinski definition) is 1. The molecule has 2 aliphatic rings. The summed E-state index contributed by atoms with van der Waals surface area (Å²) in [5.41, 5.74) is 1.11. The standard InChI is InChI=1S/C20H33N5O/c1-17(24-10-3-4-11-24)7-8-19(26)22-16-18-6-5-9-21-20(18)25-14-12-23(2)13-15-25/h5-6,9,17H,3-4,7-8,10-16H2,1-2H3,(H,22,26)/t17-/m0/s1. The van der Waals surface area contributed by atoms with E-state index in [1.54, 1.807) is 0 Å². The summed E-state index contributed by atoms with van der Waals surface area (Å²) in [5, 5.41) is 3.10. The van der Waals surface area contributed by atoms with E-state index in [-0.39, 0.29) is 5.91 Å². The SMILES string of the molecule is C[C@@H](CCC(=O)NCc1cccnc1N1CCN(C)CC1)N1CCCC1. The molecule has 0 unspecified atom stereocenters. The highest BCUT2D eigenvalue weighted by Crippen LogP contribution is 2.19. The van der Waals surface area contributed by atoms with Crippen LogP contribution in [-0.4, -0.2) is 73.0 Å². The lowest BCUT2D eigenvalue weighted by atomic mass is 10.1. The first-order chi connectivity index (χ1) is 12.6. The third-order valence-electron chi connectivity index (χ3n) is 5.70. The number of carbonyl (C=O) groups is 1. The van der Waals surface area contributed by atoms with Gasteiger partial charge in [-0.05, 0) is 52.4 Å². The lowest BCUT2D eigenvalue weighted by Gasteiger charge is -2.34. The summed E-state index contributed by atoms with van der Waals surface area (Å²) in [4.78, 5) is 24.0. The number of likely N-dealkylation sites (tertiary alicyclic amines) is 1. The van der Waals surface area contributed by atoms with E-state index < -0.39 is 0 Å². The number of pyridine rings is 1. The largest absolute Gasteiger partial charge is 0.354 e. The number of aromatic nitrogens is 1. The van der Waals surface area contributed by atoms with Crippen molar-refractivity contribution < 1.29 is 4.79 Å². The van der Waals surface area contributed by atoms with Crippen LogP contribution in [0, 0.1) is 0 Å². The molecule has 6 heteroatoms. The predicted octanol–water partition coefficient (Wildman–Crippen LogP) is 1.71. The second kappa shape index (κ2) is 9.33. The number of carbonyl (C=O) groups excluding carboxylic acids is 1. The van der Waals surface area contributed by atoms with E-state index in [1.165, 1.54) is 25.9 Å². The number of hydrogen-bond acceptors (Lipinski definition) is 5. The predicted molar refractivity (Wildman–Crippen MR) is 105 cm³/mol. The van der Waals surface area contributed by atoms with Gasteiger partial charge in [0.05, 0.1) is 0 Å². The fourth-order valence-corrected chi connectivity index (χ4v) is 3.86. The third-order valence-corrected chi connectivity index (χ3v) is 5.70. The van der Waals surface area contributed by atoms with Gasteiger partial charge in [0.25, 0.3) is 0 Å². The zero-order valence-corrected chi connectivity index (χ0v) is 16.3. The summed E-state index contributed by atoms with van der Waals surface area (Å²) in [6.07, 6.45) is 5.97. The zero-order valence-electron chi connectivity index (χ0n) is 16.3. The van der Waals surface area contributed by atoms with Crippen molar-refractivity contribution in [2.75, 3.05) is 51.2 Å². The van der Waals surface area contributed by atoms with Crippen LogP contribution >= 0.6 is 0 Å². The fourth-order valence-electron chi connectivity index (χ4n) is 3.86. The molecule has 2 aliphatic heterocycles. The maximum Gasteiger partial charge on any atom is 0.220 e. The third kappa shape index (κ3) is 5.17. The summed E-state index contributed by atoms with van der Waals surface area (Å²) in [7, 11) is 2.15. The van der Waals surface area contributed by atoms with Gasteiger partial charge in [-0.25, -0.2) is 4.98 Å². The maximum absolute atomic E-state index is 12.3. The molecule has 0 spiro atoms. The van der Waals surface area contributed by atoms with Gasteiger partial charge in [0.1, 0.15) is 5.82 Å². The van der Waals surface area contributed by atoms with E-state index in [9.17, 15) is 4.79 Å². The van der Waals surface area contributed by atoms with Crippen molar-refractivity contribution in [3.63, 3.8) is 0 Å². The quantitative estimate of drug-likeness (QED) is 0.803. The van der Waals surface area contributed by atoms with Crippen LogP contribution in [0.5, 0.6) is 0 Å². The average Bonchev–Trinajstić information content (AvgIpc) is 3.20. The molecule has 3 rings (SSSR count). The number of rotatable bonds is 7. The van der Waals surface area contributed by atoms with Crippen molar-refractivity contribution in [3.8, 4) is 0 Å². The van der Waals surface area contributed by atoms with Crippen molar-refractivity contribution in [1.82, 2.24) is 20.1 Å². The molecular formula is C20H33N5O. The Morgan fingerprint density at radius 3 is 2.65 bits per heavy atom. The van der Waals surface area contributed by atoms with Gasteiger partial charge in [-0.1, -0.05) is 6.07 Å². The highest BCUT2D eigenvalue weighted by Gasteiger charge is 2.20. The molecule has 0 saturated carbocycles. The van der Waals surface area contributed by atoms with Crippen LogP contribution in [0.1, 0.15) is 38.2 Å². The minimum atomic E-state index is 0.143.